The van der Waals surface area contributed by atoms with Crippen LogP contribution < -0.4 is 14.5 Å². The molecular weight excluding hydrogens is 374 g/mol. The van der Waals surface area contributed by atoms with Gasteiger partial charge in [0.15, 0.2) is 0 Å². The first-order valence-corrected chi connectivity index (χ1v) is 11.3. The van der Waals surface area contributed by atoms with Crippen LogP contribution in [-0.4, -0.2) is 59.1 Å². The molecule has 2 aromatic carbocycles. The van der Waals surface area contributed by atoms with Gasteiger partial charge in [0.25, 0.3) is 0 Å². The number of para-hydroxylation sites is 2. The minimum atomic E-state index is -3.47. The highest BCUT2D eigenvalue weighted by Crippen LogP contribution is 2.30. The van der Waals surface area contributed by atoms with Crippen LogP contribution in [0.4, 0.5) is 11.4 Å². The Morgan fingerprint density at radius 1 is 0.786 bits per heavy atom. The molecule has 0 amide bonds. The highest BCUT2D eigenvalue weighted by Gasteiger charge is 2.29. The molecule has 6 nitrogen and oxygen atoms in total. The van der Waals surface area contributed by atoms with Crippen LogP contribution in [0.25, 0.3) is 0 Å². The summed E-state index contributed by atoms with van der Waals surface area (Å²) in [4.78, 5) is 4.87. The van der Waals surface area contributed by atoms with Crippen molar-refractivity contribution in [3.05, 3.63) is 48.5 Å². The molecule has 2 aromatic rings. The van der Waals surface area contributed by atoms with Gasteiger partial charge in [0.05, 0.1) is 17.7 Å². The van der Waals surface area contributed by atoms with E-state index in [0.29, 0.717) is 31.1 Å². The maximum atomic E-state index is 13.1. The summed E-state index contributed by atoms with van der Waals surface area (Å²) in [6.45, 7) is 4.33. The zero-order valence-electron chi connectivity index (χ0n) is 16.3. The number of ether oxygens (including phenoxy) is 1. The van der Waals surface area contributed by atoms with Gasteiger partial charge < -0.3 is 14.5 Å². The molecule has 0 bridgehead atoms. The SMILES string of the molecule is COc1ccccc1N1CCN(S(=O)(=O)c2ccc(N3CCCC3)cc2)CC1. The summed E-state index contributed by atoms with van der Waals surface area (Å²) in [6, 6.07) is 15.2. The first-order valence-electron chi connectivity index (χ1n) is 9.83. The van der Waals surface area contributed by atoms with E-state index in [1.165, 1.54) is 12.8 Å². The molecule has 0 radical (unpaired) electrons. The van der Waals surface area contributed by atoms with E-state index in [-0.39, 0.29) is 0 Å². The number of hydrogen-bond donors (Lipinski definition) is 0. The molecule has 2 aliphatic rings. The summed E-state index contributed by atoms with van der Waals surface area (Å²) in [7, 11) is -1.81. The summed E-state index contributed by atoms with van der Waals surface area (Å²) in [5.41, 5.74) is 2.12. The molecule has 2 heterocycles. The van der Waals surface area contributed by atoms with Crippen molar-refractivity contribution in [2.75, 3.05) is 56.2 Å². The van der Waals surface area contributed by atoms with Crippen molar-refractivity contribution >= 4 is 21.4 Å². The number of rotatable bonds is 5. The predicted molar refractivity (Wildman–Crippen MR) is 112 cm³/mol. The Balaban J connectivity index is 1.44. The minimum absolute atomic E-state index is 0.376. The normalized spacial score (nSPS) is 18.5. The lowest BCUT2D eigenvalue weighted by atomic mass is 10.2. The van der Waals surface area contributed by atoms with Crippen LogP contribution in [0.2, 0.25) is 0 Å². The van der Waals surface area contributed by atoms with E-state index >= 15 is 0 Å². The fourth-order valence-electron chi connectivity index (χ4n) is 4.01. The Hall–Kier alpha value is -2.25. The van der Waals surface area contributed by atoms with E-state index in [1.807, 2.05) is 36.4 Å². The molecule has 0 aliphatic carbocycles. The summed E-state index contributed by atoms with van der Waals surface area (Å²) in [5.74, 6) is 0.816. The molecule has 28 heavy (non-hydrogen) atoms. The van der Waals surface area contributed by atoms with Crippen molar-refractivity contribution in [2.24, 2.45) is 0 Å². The second-order valence-electron chi connectivity index (χ2n) is 7.25. The fourth-order valence-corrected chi connectivity index (χ4v) is 5.44. The lowest BCUT2D eigenvalue weighted by Gasteiger charge is -2.36. The summed E-state index contributed by atoms with van der Waals surface area (Å²) < 4.78 is 33.1. The van der Waals surface area contributed by atoms with Crippen molar-refractivity contribution in [1.82, 2.24) is 4.31 Å². The molecule has 0 atom stereocenters. The Morgan fingerprint density at radius 2 is 1.43 bits per heavy atom. The smallest absolute Gasteiger partial charge is 0.243 e. The quantitative estimate of drug-likeness (QED) is 0.771. The van der Waals surface area contributed by atoms with Gasteiger partial charge in [0, 0.05) is 45.0 Å². The summed E-state index contributed by atoms with van der Waals surface area (Å²) in [6.07, 6.45) is 2.41. The molecule has 2 aliphatic heterocycles. The summed E-state index contributed by atoms with van der Waals surface area (Å²) in [5, 5.41) is 0. The van der Waals surface area contributed by atoms with E-state index in [4.69, 9.17) is 4.74 Å². The number of benzene rings is 2. The van der Waals surface area contributed by atoms with E-state index in [9.17, 15) is 8.42 Å². The van der Waals surface area contributed by atoms with Crippen LogP contribution in [0.15, 0.2) is 53.4 Å². The molecule has 0 unspecified atom stereocenters. The third-order valence-corrected chi connectivity index (χ3v) is 7.52. The van der Waals surface area contributed by atoms with Crippen LogP contribution in [0.3, 0.4) is 0 Å². The van der Waals surface area contributed by atoms with Crippen molar-refractivity contribution in [2.45, 2.75) is 17.7 Å². The Morgan fingerprint density at radius 3 is 2.07 bits per heavy atom. The monoisotopic (exact) mass is 401 g/mol. The second kappa shape index (κ2) is 8.01. The molecule has 7 heteroatoms. The molecule has 0 saturated carbocycles. The van der Waals surface area contributed by atoms with Gasteiger partial charge in [0.2, 0.25) is 10.0 Å². The average Bonchev–Trinajstić information content (AvgIpc) is 3.29. The van der Waals surface area contributed by atoms with Crippen LogP contribution in [0, 0.1) is 0 Å². The first kappa shape index (κ1) is 19.1. The number of hydrogen-bond acceptors (Lipinski definition) is 5. The third kappa shape index (κ3) is 3.69. The third-order valence-electron chi connectivity index (χ3n) is 5.61. The van der Waals surface area contributed by atoms with E-state index in [0.717, 1.165) is 30.2 Å². The predicted octanol–water partition coefficient (Wildman–Crippen LogP) is 2.81. The highest BCUT2D eigenvalue weighted by atomic mass is 32.2. The minimum Gasteiger partial charge on any atom is -0.495 e. The lowest BCUT2D eigenvalue weighted by molar-refractivity contribution is 0.378. The lowest BCUT2D eigenvalue weighted by Crippen LogP contribution is -2.48. The zero-order chi connectivity index (χ0) is 19.6. The molecular formula is C21H27N3O3S. The fraction of sp³-hybridized carbons (Fsp3) is 0.429. The highest BCUT2D eigenvalue weighted by molar-refractivity contribution is 7.89. The molecule has 2 saturated heterocycles. The van der Waals surface area contributed by atoms with Gasteiger partial charge in [-0.25, -0.2) is 8.42 Å². The van der Waals surface area contributed by atoms with Crippen LogP contribution in [0.1, 0.15) is 12.8 Å². The topological polar surface area (TPSA) is 53.1 Å². The van der Waals surface area contributed by atoms with Crippen LogP contribution in [0.5, 0.6) is 5.75 Å². The number of piperazine rings is 1. The van der Waals surface area contributed by atoms with Crippen molar-refractivity contribution < 1.29 is 13.2 Å². The Kier molecular flexibility index (Phi) is 5.46. The number of nitrogens with zero attached hydrogens (tertiary/aromatic N) is 3. The van der Waals surface area contributed by atoms with Gasteiger partial charge in [0.1, 0.15) is 5.75 Å². The van der Waals surface area contributed by atoms with Crippen molar-refractivity contribution in [3.63, 3.8) is 0 Å². The van der Waals surface area contributed by atoms with E-state index in [1.54, 1.807) is 23.5 Å². The van der Waals surface area contributed by atoms with E-state index < -0.39 is 10.0 Å². The maximum Gasteiger partial charge on any atom is 0.243 e. The number of sulfonamides is 1. The Bertz CT molecular complexity index is 901. The van der Waals surface area contributed by atoms with Gasteiger partial charge in [-0.3, -0.25) is 0 Å². The first-order chi connectivity index (χ1) is 13.6. The van der Waals surface area contributed by atoms with Gasteiger partial charge in [-0.05, 0) is 49.2 Å². The largest absolute Gasteiger partial charge is 0.495 e. The average molecular weight is 402 g/mol. The standard InChI is InChI=1S/C21H27N3O3S/c1-27-21-7-3-2-6-20(21)23-14-16-24(17-15-23)28(25,26)19-10-8-18(9-11-19)22-12-4-5-13-22/h2-3,6-11H,4-5,12-17H2,1H3. The molecule has 0 spiro atoms. The molecule has 150 valence electrons. The molecule has 0 N–H and O–H groups in total. The Labute approximate surface area is 167 Å². The maximum absolute atomic E-state index is 13.1. The second-order valence-corrected chi connectivity index (χ2v) is 9.19. The van der Waals surface area contributed by atoms with Crippen LogP contribution in [-0.2, 0) is 10.0 Å². The number of anilines is 2. The molecule has 4 rings (SSSR count). The van der Waals surface area contributed by atoms with Gasteiger partial charge in [-0.1, -0.05) is 12.1 Å². The van der Waals surface area contributed by atoms with Gasteiger partial charge >= 0.3 is 0 Å². The van der Waals surface area contributed by atoms with Gasteiger partial charge in [-0.15, -0.1) is 0 Å². The zero-order valence-corrected chi connectivity index (χ0v) is 17.1. The number of methoxy groups -OCH3 is 1. The molecule has 0 aromatic heterocycles. The molecule has 2 fully saturated rings. The van der Waals surface area contributed by atoms with E-state index in [2.05, 4.69) is 9.80 Å². The van der Waals surface area contributed by atoms with Crippen molar-refractivity contribution in [3.8, 4) is 5.75 Å². The van der Waals surface area contributed by atoms with Gasteiger partial charge in [-0.2, -0.15) is 4.31 Å². The summed E-state index contributed by atoms with van der Waals surface area (Å²) >= 11 is 0. The van der Waals surface area contributed by atoms with Crippen molar-refractivity contribution in [1.29, 1.82) is 0 Å². The van der Waals surface area contributed by atoms with Crippen LogP contribution >= 0.6 is 0 Å².